The van der Waals surface area contributed by atoms with E-state index in [2.05, 4.69) is 11.6 Å². The molecule has 0 spiro atoms. The van der Waals surface area contributed by atoms with Gasteiger partial charge in [0.1, 0.15) is 11.3 Å². The van der Waals surface area contributed by atoms with Gasteiger partial charge in [0.2, 0.25) is 6.10 Å². The van der Waals surface area contributed by atoms with Gasteiger partial charge in [-0.25, -0.2) is 4.79 Å². The molecule has 0 aliphatic rings. The average molecular weight is 369 g/mol. The summed E-state index contributed by atoms with van der Waals surface area (Å²) in [4.78, 5) is 16.4. The van der Waals surface area contributed by atoms with E-state index in [1.165, 1.54) is 0 Å². The summed E-state index contributed by atoms with van der Waals surface area (Å²) in [6, 6.07) is 13.8. The Kier molecular flexibility index (Phi) is 7.43. The Balaban J connectivity index is 0.000000817. The fourth-order valence-electron chi connectivity index (χ4n) is 2.28. The van der Waals surface area contributed by atoms with Crippen molar-refractivity contribution in [2.75, 3.05) is 6.61 Å². The summed E-state index contributed by atoms with van der Waals surface area (Å²) in [5.74, 6) is -0.334. The lowest BCUT2D eigenvalue weighted by atomic mass is 10.1. The minimum Gasteiger partial charge on any atom is -0.508 e. The van der Waals surface area contributed by atoms with Crippen molar-refractivity contribution in [1.82, 2.24) is 4.98 Å². The number of aromatic hydroxyl groups is 1. The molecule has 1 heterocycles. The van der Waals surface area contributed by atoms with Crippen LogP contribution in [-0.2, 0) is 16.0 Å². The second-order valence-corrected chi connectivity index (χ2v) is 5.58. The average Bonchev–Trinajstić information content (AvgIpc) is 3.06. The standard InChI is InChI=1S/C18H17NO5.C3H6/c1-2-22-17(21)16(11-12-7-9-13(20)10-8-12)24-18-19-14-5-3-4-6-15(14)23-18;1-3-2/h3-10,16,20H,2,11H2,1H3;3H,1H2,2H3. The van der Waals surface area contributed by atoms with Gasteiger partial charge in [0.05, 0.1) is 6.61 Å². The number of hydrogen-bond acceptors (Lipinski definition) is 6. The molecule has 0 bridgehead atoms. The Morgan fingerprint density at radius 2 is 1.93 bits per heavy atom. The Morgan fingerprint density at radius 1 is 1.26 bits per heavy atom. The normalized spacial score (nSPS) is 11.2. The van der Waals surface area contributed by atoms with E-state index in [1.807, 2.05) is 19.1 Å². The van der Waals surface area contributed by atoms with E-state index in [1.54, 1.807) is 49.4 Å². The molecule has 3 aromatic rings. The Bertz CT molecular complexity index is 837. The van der Waals surface area contributed by atoms with Gasteiger partial charge in [0.15, 0.2) is 5.58 Å². The Morgan fingerprint density at radius 3 is 2.56 bits per heavy atom. The molecule has 0 saturated carbocycles. The smallest absolute Gasteiger partial charge is 0.395 e. The van der Waals surface area contributed by atoms with E-state index in [9.17, 15) is 9.90 Å². The number of hydrogen-bond donors (Lipinski definition) is 1. The molecule has 6 heteroatoms. The van der Waals surface area contributed by atoms with Crippen molar-refractivity contribution in [3.8, 4) is 11.8 Å². The van der Waals surface area contributed by atoms with Gasteiger partial charge in [0, 0.05) is 6.42 Å². The van der Waals surface area contributed by atoms with Crippen LogP contribution in [0.2, 0.25) is 0 Å². The molecule has 6 nitrogen and oxygen atoms in total. The van der Waals surface area contributed by atoms with Gasteiger partial charge < -0.3 is 19.0 Å². The minimum absolute atomic E-state index is 0.0213. The molecule has 1 aromatic heterocycles. The maximum absolute atomic E-state index is 12.2. The van der Waals surface area contributed by atoms with E-state index in [4.69, 9.17) is 13.9 Å². The third-order valence-electron chi connectivity index (χ3n) is 3.42. The number of rotatable bonds is 6. The first-order valence-electron chi connectivity index (χ1n) is 8.61. The molecule has 3 rings (SSSR count). The zero-order chi connectivity index (χ0) is 19.6. The molecule has 0 aliphatic heterocycles. The SMILES string of the molecule is C=CC.CCOC(=O)C(Cc1ccc(O)cc1)Oc1nc2ccccc2o1. The maximum Gasteiger partial charge on any atom is 0.395 e. The number of allylic oxidation sites excluding steroid dienone is 1. The molecular formula is C21H23NO5. The predicted molar refractivity (Wildman–Crippen MR) is 103 cm³/mol. The van der Waals surface area contributed by atoms with E-state index in [-0.39, 0.29) is 24.9 Å². The molecule has 0 amide bonds. The molecule has 1 N–H and O–H groups in total. The van der Waals surface area contributed by atoms with Gasteiger partial charge in [-0.05, 0) is 43.7 Å². The van der Waals surface area contributed by atoms with Crippen molar-refractivity contribution < 1.29 is 23.8 Å². The third kappa shape index (κ3) is 5.88. The summed E-state index contributed by atoms with van der Waals surface area (Å²) >= 11 is 0. The van der Waals surface area contributed by atoms with Crippen LogP contribution in [0.5, 0.6) is 11.8 Å². The molecule has 0 aliphatic carbocycles. The number of phenolic OH excluding ortho intramolecular Hbond substituents is 1. The molecule has 1 unspecified atom stereocenters. The van der Waals surface area contributed by atoms with E-state index in [0.29, 0.717) is 11.1 Å². The molecule has 1 atom stereocenters. The number of carbonyl (C=O) groups is 1. The Hall–Kier alpha value is -3.28. The van der Waals surface area contributed by atoms with E-state index in [0.717, 1.165) is 5.56 Å². The highest BCUT2D eigenvalue weighted by atomic mass is 16.6. The molecule has 27 heavy (non-hydrogen) atoms. The first-order valence-corrected chi connectivity index (χ1v) is 8.61. The molecule has 0 radical (unpaired) electrons. The number of esters is 1. The molecule has 2 aromatic carbocycles. The third-order valence-corrected chi connectivity index (χ3v) is 3.42. The maximum atomic E-state index is 12.2. The predicted octanol–water partition coefficient (Wildman–Crippen LogP) is 4.28. The van der Waals surface area contributed by atoms with Crippen LogP contribution in [0.15, 0.2) is 65.6 Å². The highest BCUT2D eigenvalue weighted by Crippen LogP contribution is 2.22. The van der Waals surface area contributed by atoms with Crippen molar-refractivity contribution in [3.63, 3.8) is 0 Å². The minimum atomic E-state index is -0.887. The number of fused-ring (bicyclic) bond motifs is 1. The first kappa shape index (κ1) is 20.0. The summed E-state index contributed by atoms with van der Waals surface area (Å²) in [7, 11) is 0. The van der Waals surface area contributed by atoms with Gasteiger partial charge in [-0.2, -0.15) is 4.98 Å². The second-order valence-electron chi connectivity index (χ2n) is 5.58. The molecule has 0 saturated heterocycles. The van der Waals surface area contributed by atoms with Gasteiger partial charge in [-0.1, -0.05) is 30.3 Å². The summed E-state index contributed by atoms with van der Waals surface area (Å²) in [6.45, 7) is 7.23. The number of nitrogens with zero attached hydrogens (tertiary/aromatic N) is 1. The monoisotopic (exact) mass is 369 g/mol. The topological polar surface area (TPSA) is 81.8 Å². The van der Waals surface area contributed by atoms with Crippen LogP contribution in [0, 0.1) is 0 Å². The zero-order valence-corrected chi connectivity index (χ0v) is 15.4. The van der Waals surface area contributed by atoms with Gasteiger partial charge in [-0.3, -0.25) is 0 Å². The van der Waals surface area contributed by atoms with Crippen LogP contribution in [-0.4, -0.2) is 28.8 Å². The highest BCUT2D eigenvalue weighted by Gasteiger charge is 2.25. The van der Waals surface area contributed by atoms with E-state index < -0.39 is 12.1 Å². The van der Waals surface area contributed by atoms with Crippen molar-refractivity contribution in [2.45, 2.75) is 26.4 Å². The number of benzene rings is 2. The number of aromatic nitrogens is 1. The van der Waals surface area contributed by atoms with Crippen LogP contribution < -0.4 is 4.74 Å². The fraction of sp³-hybridized carbons (Fsp3) is 0.238. The second kappa shape index (κ2) is 10.0. The molecule has 0 fully saturated rings. The summed E-state index contributed by atoms with van der Waals surface area (Å²) < 4.78 is 16.2. The van der Waals surface area contributed by atoms with Gasteiger partial charge in [0.25, 0.3) is 0 Å². The van der Waals surface area contributed by atoms with Crippen molar-refractivity contribution in [3.05, 3.63) is 66.7 Å². The van der Waals surface area contributed by atoms with Crippen LogP contribution in [0.4, 0.5) is 0 Å². The summed E-state index contributed by atoms with van der Waals surface area (Å²) in [6.07, 6.45) is 1.16. The van der Waals surface area contributed by atoms with Crippen molar-refractivity contribution in [1.29, 1.82) is 0 Å². The highest BCUT2D eigenvalue weighted by molar-refractivity contribution is 5.76. The van der Waals surface area contributed by atoms with Crippen LogP contribution in [0.1, 0.15) is 19.4 Å². The number of ether oxygens (including phenoxy) is 2. The zero-order valence-electron chi connectivity index (χ0n) is 15.4. The van der Waals surface area contributed by atoms with Gasteiger partial charge in [-0.15, -0.1) is 6.58 Å². The van der Waals surface area contributed by atoms with Gasteiger partial charge >= 0.3 is 12.0 Å². The number of carbonyl (C=O) groups excluding carboxylic acids is 1. The Labute approximate surface area is 158 Å². The lowest BCUT2D eigenvalue weighted by Gasteiger charge is -2.15. The number of para-hydroxylation sites is 2. The first-order chi connectivity index (χ1) is 13.1. The van der Waals surface area contributed by atoms with Crippen LogP contribution >= 0.6 is 0 Å². The summed E-state index contributed by atoms with van der Waals surface area (Å²) in [5, 5.41) is 9.35. The van der Waals surface area contributed by atoms with Crippen LogP contribution in [0.25, 0.3) is 11.1 Å². The number of phenols is 1. The van der Waals surface area contributed by atoms with Crippen molar-refractivity contribution >= 4 is 17.1 Å². The molecule has 142 valence electrons. The largest absolute Gasteiger partial charge is 0.508 e. The van der Waals surface area contributed by atoms with Crippen LogP contribution in [0.3, 0.4) is 0 Å². The lowest BCUT2D eigenvalue weighted by molar-refractivity contribution is -0.152. The fourth-order valence-corrected chi connectivity index (χ4v) is 2.28. The lowest BCUT2D eigenvalue weighted by Crippen LogP contribution is -2.31. The number of oxazole rings is 1. The molecular weight excluding hydrogens is 346 g/mol. The summed E-state index contributed by atoms with van der Waals surface area (Å²) in [5.41, 5.74) is 2.06. The van der Waals surface area contributed by atoms with Crippen molar-refractivity contribution in [2.24, 2.45) is 0 Å². The quantitative estimate of drug-likeness (QED) is 0.516. The van der Waals surface area contributed by atoms with E-state index >= 15 is 0 Å².